The van der Waals surface area contributed by atoms with Crippen molar-refractivity contribution in [1.82, 2.24) is 4.72 Å². The molecule has 0 atom stereocenters. The number of nitrogens with zero attached hydrogens (tertiary/aromatic N) is 1. The maximum absolute atomic E-state index is 12.0. The summed E-state index contributed by atoms with van der Waals surface area (Å²) < 4.78 is 31.3. The summed E-state index contributed by atoms with van der Waals surface area (Å²) in [6.07, 6.45) is -0.215. The minimum Gasteiger partial charge on any atom is -0.460 e. The molecule has 0 saturated carbocycles. The number of rotatable bonds is 8. The second kappa shape index (κ2) is 8.75. The smallest absolute Gasteiger partial charge is 0.307 e. The minimum atomic E-state index is -3.76. The van der Waals surface area contributed by atoms with Gasteiger partial charge in [0.2, 0.25) is 10.0 Å². The molecule has 0 spiro atoms. The molecule has 0 saturated heterocycles. The number of esters is 1. The number of ether oxygens (including phenoxy) is 1. The van der Waals surface area contributed by atoms with Gasteiger partial charge in [0.25, 0.3) is 5.69 Å². The third-order valence-electron chi connectivity index (χ3n) is 3.32. The van der Waals surface area contributed by atoms with Crippen LogP contribution in [0.25, 0.3) is 0 Å². The molecule has 0 heterocycles. The van der Waals surface area contributed by atoms with Crippen LogP contribution in [0.15, 0.2) is 53.4 Å². The van der Waals surface area contributed by atoms with Gasteiger partial charge in [-0.25, -0.2) is 13.1 Å². The SMILES string of the molecule is O=C(CCNS(=O)(=O)c1ccc(Cl)cc1)OCc1ccccc1[N+](=O)[O-]. The molecule has 0 aliphatic rings. The summed E-state index contributed by atoms with van der Waals surface area (Å²) in [5, 5.41) is 11.3. The first-order chi connectivity index (χ1) is 12.3. The molecule has 0 unspecified atom stereocenters. The first kappa shape index (κ1) is 19.8. The fraction of sp³-hybridized carbons (Fsp3) is 0.188. The Morgan fingerprint density at radius 2 is 1.81 bits per heavy atom. The number of hydrogen-bond donors (Lipinski definition) is 1. The van der Waals surface area contributed by atoms with Gasteiger partial charge in [0.15, 0.2) is 0 Å². The van der Waals surface area contributed by atoms with Crippen LogP contribution in [0.1, 0.15) is 12.0 Å². The number of nitro benzene ring substituents is 1. The molecule has 0 fully saturated rings. The molecule has 1 N–H and O–H groups in total. The lowest BCUT2D eigenvalue weighted by atomic mass is 10.2. The Morgan fingerprint density at radius 1 is 1.15 bits per heavy atom. The number of hydrogen-bond acceptors (Lipinski definition) is 6. The predicted octanol–water partition coefficient (Wildman–Crippen LogP) is 2.66. The van der Waals surface area contributed by atoms with Gasteiger partial charge >= 0.3 is 5.97 Å². The van der Waals surface area contributed by atoms with Crippen molar-refractivity contribution in [1.29, 1.82) is 0 Å². The van der Waals surface area contributed by atoms with Gasteiger partial charge in [-0.3, -0.25) is 14.9 Å². The Balaban J connectivity index is 1.84. The lowest BCUT2D eigenvalue weighted by Gasteiger charge is -2.08. The highest BCUT2D eigenvalue weighted by Crippen LogP contribution is 2.18. The van der Waals surface area contributed by atoms with E-state index in [-0.39, 0.29) is 35.7 Å². The van der Waals surface area contributed by atoms with Crippen molar-refractivity contribution in [3.63, 3.8) is 0 Å². The van der Waals surface area contributed by atoms with E-state index in [4.69, 9.17) is 16.3 Å². The van der Waals surface area contributed by atoms with Crippen molar-refractivity contribution >= 4 is 33.3 Å². The van der Waals surface area contributed by atoms with Crippen LogP contribution in [-0.4, -0.2) is 25.9 Å². The highest BCUT2D eigenvalue weighted by molar-refractivity contribution is 7.89. The lowest BCUT2D eigenvalue weighted by Crippen LogP contribution is -2.26. The standard InChI is InChI=1S/C16H15ClN2O6S/c17-13-5-7-14(8-6-13)26(23,24)18-10-9-16(20)25-11-12-3-1-2-4-15(12)19(21)22/h1-8,18H,9-11H2. The van der Waals surface area contributed by atoms with E-state index >= 15 is 0 Å². The molecular formula is C16H15ClN2O6S. The Bertz CT molecular complexity index is 899. The van der Waals surface area contributed by atoms with E-state index in [9.17, 15) is 23.3 Å². The summed E-state index contributed by atoms with van der Waals surface area (Å²) in [6.45, 7) is -0.430. The van der Waals surface area contributed by atoms with Gasteiger partial charge in [0.1, 0.15) is 6.61 Å². The molecule has 0 radical (unpaired) electrons. The normalized spacial score (nSPS) is 11.1. The third-order valence-corrected chi connectivity index (χ3v) is 5.05. The molecule has 2 rings (SSSR count). The van der Waals surface area contributed by atoms with Gasteiger partial charge in [-0.05, 0) is 30.3 Å². The van der Waals surface area contributed by atoms with Crippen LogP contribution < -0.4 is 4.72 Å². The van der Waals surface area contributed by atoms with Crippen LogP contribution in [0.2, 0.25) is 5.02 Å². The second-order valence-electron chi connectivity index (χ2n) is 5.15. The number of carbonyl (C=O) groups excluding carboxylic acids is 1. The Labute approximate surface area is 154 Å². The number of benzene rings is 2. The Kier molecular flexibility index (Phi) is 6.67. The third kappa shape index (κ3) is 5.51. The van der Waals surface area contributed by atoms with Crippen LogP contribution in [-0.2, 0) is 26.2 Å². The van der Waals surface area contributed by atoms with E-state index < -0.39 is 20.9 Å². The van der Waals surface area contributed by atoms with Crippen LogP contribution in [0.4, 0.5) is 5.69 Å². The fourth-order valence-corrected chi connectivity index (χ4v) is 3.18. The maximum atomic E-state index is 12.0. The minimum absolute atomic E-state index is 0.0233. The molecule has 8 nitrogen and oxygen atoms in total. The van der Waals surface area contributed by atoms with Crippen LogP contribution in [0, 0.1) is 10.1 Å². The molecule has 0 aliphatic heterocycles. The average molecular weight is 399 g/mol. The first-order valence-electron chi connectivity index (χ1n) is 7.43. The fourth-order valence-electron chi connectivity index (χ4n) is 2.03. The zero-order valence-electron chi connectivity index (χ0n) is 13.4. The van der Waals surface area contributed by atoms with E-state index in [2.05, 4.69) is 4.72 Å². The van der Waals surface area contributed by atoms with Crippen molar-refractivity contribution in [2.24, 2.45) is 0 Å². The van der Waals surface area contributed by atoms with Crippen molar-refractivity contribution in [3.8, 4) is 0 Å². The molecule has 0 amide bonds. The van der Waals surface area contributed by atoms with Crippen molar-refractivity contribution < 1.29 is 22.9 Å². The molecular weight excluding hydrogens is 384 g/mol. The Hall–Kier alpha value is -2.49. The highest BCUT2D eigenvalue weighted by Gasteiger charge is 2.16. The lowest BCUT2D eigenvalue weighted by molar-refractivity contribution is -0.385. The number of halogens is 1. The van der Waals surface area contributed by atoms with Crippen LogP contribution in [0.5, 0.6) is 0 Å². The number of nitrogens with one attached hydrogen (secondary N) is 1. The van der Waals surface area contributed by atoms with Gasteiger partial charge in [-0.1, -0.05) is 23.7 Å². The topological polar surface area (TPSA) is 116 Å². The highest BCUT2D eigenvalue weighted by atomic mass is 35.5. The van der Waals surface area contributed by atoms with E-state index in [0.717, 1.165) is 0 Å². The molecule has 26 heavy (non-hydrogen) atoms. The van der Waals surface area contributed by atoms with E-state index in [0.29, 0.717) is 5.02 Å². The first-order valence-corrected chi connectivity index (χ1v) is 9.29. The van der Waals surface area contributed by atoms with E-state index in [1.54, 1.807) is 6.07 Å². The summed E-state index contributed by atoms with van der Waals surface area (Å²) in [4.78, 5) is 22.1. The number of sulfonamides is 1. The largest absolute Gasteiger partial charge is 0.460 e. The van der Waals surface area contributed by atoms with E-state index in [1.165, 1.54) is 42.5 Å². The van der Waals surface area contributed by atoms with Crippen molar-refractivity contribution in [3.05, 3.63) is 69.2 Å². The quantitative estimate of drug-likeness (QED) is 0.415. The summed E-state index contributed by atoms with van der Waals surface area (Å²) in [5.74, 6) is -0.679. The Morgan fingerprint density at radius 3 is 2.46 bits per heavy atom. The van der Waals surface area contributed by atoms with Gasteiger partial charge in [0.05, 0.1) is 21.8 Å². The zero-order valence-corrected chi connectivity index (χ0v) is 15.0. The molecule has 2 aromatic rings. The average Bonchev–Trinajstić information content (AvgIpc) is 2.60. The molecule has 10 heteroatoms. The molecule has 0 aliphatic carbocycles. The molecule has 0 bridgehead atoms. The number of para-hydroxylation sites is 1. The summed E-state index contributed by atoms with van der Waals surface area (Å²) in [7, 11) is -3.76. The number of nitro groups is 1. The number of carbonyl (C=O) groups is 1. The second-order valence-corrected chi connectivity index (χ2v) is 7.35. The van der Waals surface area contributed by atoms with Gasteiger partial charge < -0.3 is 4.74 Å². The van der Waals surface area contributed by atoms with Crippen molar-refractivity contribution in [2.75, 3.05) is 6.54 Å². The van der Waals surface area contributed by atoms with Crippen LogP contribution >= 0.6 is 11.6 Å². The van der Waals surface area contributed by atoms with E-state index in [1.807, 2.05) is 0 Å². The maximum Gasteiger partial charge on any atom is 0.307 e. The zero-order chi connectivity index (χ0) is 19.2. The summed E-state index contributed by atoms with van der Waals surface area (Å²) in [5.41, 5.74) is 0.108. The van der Waals surface area contributed by atoms with Crippen molar-refractivity contribution in [2.45, 2.75) is 17.9 Å². The van der Waals surface area contributed by atoms with Crippen LogP contribution in [0.3, 0.4) is 0 Å². The van der Waals surface area contributed by atoms with Gasteiger partial charge in [0, 0.05) is 17.6 Å². The predicted molar refractivity (Wildman–Crippen MR) is 94.1 cm³/mol. The van der Waals surface area contributed by atoms with Gasteiger partial charge in [-0.2, -0.15) is 0 Å². The molecule has 138 valence electrons. The summed E-state index contributed by atoms with van der Waals surface area (Å²) in [6, 6.07) is 11.5. The molecule has 2 aromatic carbocycles. The monoisotopic (exact) mass is 398 g/mol. The summed E-state index contributed by atoms with van der Waals surface area (Å²) >= 11 is 5.71. The molecule has 0 aromatic heterocycles. The van der Waals surface area contributed by atoms with Gasteiger partial charge in [-0.15, -0.1) is 0 Å².